The van der Waals surface area contributed by atoms with Crippen molar-refractivity contribution in [3.8, 4) is 5.75 Å². The zero-order valence-corrected chi connectivity index (χ0v) is 20.5. The van der Waals surface area contributed by atoms with Crippen molar-refractivity contribution in [3.63, 3.8) is 0 Å². The van der Waals surface area contributed by atoms with Crippen molar-refractivity contribution in [2.75, 3.05) is 32.6 Å². The van der Waals surface area contributed by atoms with Crippen molar-refractivity contribution in [3.05, 3.63) is 64.6 Å². The summed E-state index contributed by atoms with van der Waals surface area (Å²) in [6.07, 6.45) is -0.161. The molecular formula is C25H27F4N5O4. The molecular weight excluding hydrogens is 510 g/mol. The number of nitrogens with zero attached hydrogens (tertiary/aromatic N) is 2. The molecule has 5 N–H and O–H groups in total. The molecule has 38 heavy (non-hydrogen) atoms. The third kappa shape index (κ3) is 4.97. The summed E-state index contributed by atoms with van der Waals surface area (Å²) >= 11 is 0. The number of rotatable bonds is 7. The van der Waals surface area contributed by atoms with Crippen LogP contribution in [-0.4, -0.2) is 54.6 Å². The molecule has 2 amide bonds. The Kier molecular flexibility index (Phi) is 7.49. The van der Waals surface area contributed by atoms with Crippen molar-refractivity contribution < 1.29 is 36.6 Å². The lowest BCUT2D eigenvalue weighted by Gasteiger charge is -2.39. The first-order valence-electron chi connectivity index (χ1n) is 11.8. The smallest absolute Gasteiger partial charge is 0.413 e. The maximum atomic E-state index is 14.3. The first kappa shape index (κ1) is 27.2. The Balaban J connectivity index is 1.54. The number of carbonyl (C=O) groups excluding carboxylic acids is 2. The molecule has 0 bridgehead atoms. The predicted octanol–water partition coefficient (Wildman–Crippen LogP) is 3.18. The topological polar surface area (TPSA) is 134 Å². The number of primary amides is 1. The summed E-state index contributed by atoms with van der Waals surface area (Å²) in [6.45, 7) is -0.177. The van der Waals surface area contributed by atoms with E-state index in [2.05, 4.69) is 10.4 Å². The average Bonchev–Trinajstić information content (AvgIpc) is 3.25. The molecule has 4 rings (SSSR count). The van der Waals surface area contributed by atoms with Gasteiger partial charge in [-0.1, -0.05) is 18.2 Å². The van der Waals surface area contributed by atoms with Gasteiger partial charge in [0, 0.05) is 38.5 Å². The lowest BCUT2D eigenvalue weighted by atomic mass is 9.89. The maximum absolute atomic E-state index is 14.3. The number of halogens is 4. The first-order valence-corrected chi connectivity index (χ1v) is 11.8. The quantitative estimate of drug-likeness (QED) is 0.465. The number of ether oxygens (including phenoxy) is 2. The van der Waals surface area contributed by atoms with Gasteiger partial charge in [0.05, 0.1) is 18.4 Å². The SMILES string of the molecule is COc1ccc(F)cc1C(=O)NCC1=CCC(c2nn(C3(C(F)(F)F)CCOCC3)c(N)c2C(N)=O)C=C1. The molecule has 1 fully saturated rings. The second-order valence-corrected chi connectivity index (χ2v) is 9.07. The van der Waals surface area contributed by atoms with Crippen LogP contribution >= 0.6 is 0 Å². The van der Waals surface area contributed by atoms with E-state index in [1.807, 2.05) is 0 Å². The van der Waals surface area contributed by atoms with Crippen LogP contribution in [0.2, 0.25) is 0 Å². The van der Waals surface area contributed by atoms with Crippen LogP contribution in [0.25, 0.3) is 0 Å². The summed E-state index contributed by atoms with van der Waals surface area (Å²) < 4.78 is 67.3. The Morgan fingerprint density at radius 2 is 2.00 bits per heavy atom. The van der Waals surface area contributed by atoms with Gasteiger partial charge >= 0.3 is 6.18 Å². The Bertz CT molecular complexity index is 1300. The van der Waals surface area contributed by atoms with Crippen molar-refractivity contribution in [2.45, 2.75) is 36.9 Å². The molecule has 1 saturated heterocycles. The summed E-state index contributed by atoms with van der Waals surface area (Å²) in [5, 5.41) is 6.88. The van der Waals surface area contributed by atoms with Crippen LogP contribution in [0.4, 0.5) is 23.4 Å². The number of hydrogen-bond donors (Lipinski definition) is 3. The Hall–Kier alpha value is -3.87. The summed E-state index contributed by atoms with van der Waals surface area (Å²) in [6, 6.07) is 3.59. The largest absolute Gasteiger partial charge is 0.496 e. The lowest BCUT2D eigenvalue weighted by Crippen LogP contribution is -2.52. The fraction of sp³-hybridized carbons (Fsp3) is 0.400. The highest BCUT2D eigenvalue weighted by molar-refractivity contribution is 5.99. The standard InChI is InChI=1S/C25H27F4N5O4/c1-37-18-7-6-16(26)12-17(18)23(36)32-13-14-2-4-15(5-3-14)20-19(22(31)35)21(30)34(33-20)24(25(27,28)29)8-10-38-11-9-24/h2-4,6-7,12,15H,5,8-11,13,30H2,1H3,(H2,31,35)(H,32,36). The maximum Gasteiger partial charge on any atom is 0.413 e. The molecule has 2 aromatic rings. The minimum atomic E-state index is -4.69. The summed E-state index contributed by atoms with van der Waals surface area (Å²) in [5.41, 5.74) is 9.67. The van der Waals surface area contributed by atoms with Gasteiger partial charge in [-0.25, -0.2) is 9.07 Å². The lowest BCUT2D eigenvalue weighted by molar-refractivity contribution is -0.238. The molecule has 0 radical (unpaired) electrons. The fourth-order valence-corrected chi connectivity index (χ4v) is 4.75. The highest BCUT2D eigenvalue weighted by atomic mass is 19.4. The molecule has 204 valence electrons. The van der Waals surface area contributed by atoms with Gasteiger partial charge in [-0.15, -0.1) is 0 Å². The van der Waals surface area contributed by atoms with E-state index < -0.39 is 53.9 Å². The number of amides is 2. The third-order valence-electron chi connectivity index (χ3n) is 6.83. The van der Waals surface area contributed by atoms with Crippen molar-refractivity contribution >= 4 is 17.6 Å². The second kappa shape index (κ2) is 10.5. The van der Waals surface area contributed by atoms with Crippen molar-refractivity contribution in [1.82, 2.24) is 15.1 Å². The molecule has 2 heterocycles. The number of benzene rings is 1. The first-order chi connectivity index (χ1) is 18.0. The molecule has 1 aliphatic carbocycles. The van der Waals surface area contributed by atoms with Gasteiger partial charge in [0.25, 0.3) is 11.8 Å². The van der Waals surface area contributed by atoms with Gasteiger partial charge in [-0.3, -0.25) is 9.59 Å². The predicted molar refractivity (Wildman–Crippen MR) is 129 cm³/mol. The number of nitrogen functional groups attached to an aromatic ring is 1. The van der Waals surface area contributed by atoms with E-state index in [0.29, 0.717) is 10.3 Å². The molecule has 0 spiro atoms. The van der Waals surface area contributed by atoms with Crippen LogP contribution in [0.5, 0.6) is 5.75 Å². The molecule has 1 aromatic carbocycles. The van der Waals surface area contributed by atoms with E-state index in [-0.39, 0.29) is 48.7 Å². The third-order valence-corrected chi connectivity index (χ3v) is 6.83. The minimum absolute atomic E-state index is 0.0320. The van der Waals surface area contributed by atoms with Gasteiger partial charge in [0.1, 0.15) is 22.9 Å². The van der Waals surface area contributed by atoms with Gasteiger partial charge in [0.15, 0.2) is 5.54 Å². The average molecular weight is 538 g/mol. The monoisotopic (exact) mass is 537 g/mol. The summed E-state index contributed by atoms with van der Waals surface area (Å²) in [5.74, 6) is -2.92. The molecule has 1 unspecified atom stereocenters. The van der Waals surface area contributed by atoms with E-state index in [4.69, 9.17) is 20.9 Å². The van der Waals surface area contributed by atoms with E-state index in [1.165, 1.54) is 19.2 Å². The molecule has 1 atom stereocenters. The Labute approximate surface area is 215 Å². The Morgan fingerprint density at radius 3 is 2.58 bits per heavy atom. The highest BCUT2D eigenvalue weighted by Crippen LogP contribution is 2.46. The zero-order chi connectivity index (χ0) is 27.7. The highest BCUT2D eigenvalue weighted by Gasteiger charge is 2.58. The van der Waals surface area contributed by atoms with E-state index >= 15 is 0 Å². The number of alkyl halides is 3. The number of allylic oxidation sites excluding steroid dienone is 2. The number of aromatic nitrogens is 2. The van der Waals surface area contributed by atoms with Gasteiger partial charge in [-0.05, 0) is 30.2 Å². The number of nitrogens with two attached hydrogens (primary N) is 2. The minimum Gasteiger partial charge on any atom is -0.496 e. The van der Waals surface area contributed by atoms with Gasteiger partial charge < -0.3 is 26.3 Å². The zero-order valence-electron chi connectivity index (χ0n) is 20.5. The van der Waals surface area contributed by atoms with Crippen LogP contribution in [0, 0.1) is 5.82 Å². The number of nitrogens with one attached hydrogen (secondary N) is 1. The fourth-order valence-electron chi connectivity index (χ4n) is 4.75. The van der Waals surface area contributed by atoms with Crippen molar-refractivity contribution in [1.29, 1.82) is 0 Å². The van der Waals surface area contributed by atoms with Gasteiger partial charge in [-0.2, -0.15) is 18.3 Å². The van der Waals surface area contributed by atoms with E-state index in [9.17, 15) is 27.2 Å². The Morgan fingerprint density at radius 1 is 1.29 bits per heavy atom. The molecule has 2 aliphatic rings. The second-order valence-electron chi connectivity index (χ2n) is 9.07. The number of carbonyl (C=O) groups is 2. The van der Waals surface area contributed by atoms with Crippen LogP contribution in [0.1, 0.15) is 51.6 Å². The summed E-state index contributed by atoms with van der Waals surface area (Å²) in [7, 11) is 1.36. The van der Waals surface area contributed by atoms with Crippen LogP contribution in [-0.2, 0) is 10.3 Å². The summed E-state index contributed by atoms with van der Waals surface area (Å²) in [4.78, 5) is 24.8. The molecule has 1 aromatic heterocycles. The molecule has 13 heteroatoms. The van der Waals surface area contributed by atoms with Gasteiger partial charge in [0.2, 0.25) is 0 Å². The number of methoxy groups -OCH3 is 1. The number of hydrogen-bond acceptors (Lipinski definition) is 6. The molecule has 0 saturated carbocycles. The van der Waals surface area contributed by atoms with Crippen LogP contribution in [0.3, 0.4) is 0 Å². The van der Waals surface area contributed by atoms with Crippen LogP contribution in [0.15, 0.2) is 42.0 Å². The normalized spacial score (nSPS) is 19.1. The molecule has 9 nitrogen and oxygen atoms in total. The van der Waals surface area contributed by atoms with Crippen LogP contribution < -0.4 is 21.5 Å². The van der Waals surface area contributed by atoms with E-state index in [0.717, 1.165) is 6.07 Å². The molecule has 1 aliphatic heterocycles. The number of anilines is 1. The van der Waals surface area contributed by atoms with Crippen molar-refractivity contribution in [2.24, 2.45) is 5.73 Å². The van der Waals surface area contributed by atoms with E-state index in [1.54, 1.807) is 18.2 Å².